The number of hydrogen-bond donors (Lipinski definition) is 2. The summed E-state index contributed by atoms with van der Waals surface area (Å²) in [5.41, 5.74) is -0.243. The van der Waals surface area contributed by atoms with E-state index in [4.69, 9.17) is 9.47 Å². The van der Waals surface area contributed by atoms with Gasteiger partial charge in [-0.15, -0.1) is 0 Å². The minimum atomic E-state index is -0.592. The number of ether oxygens (including phenoxy) is 2. The summed E-state index contributed by atoms with van der Waals surface area (Å²) < 4.78 is 24.4. The molecule has 154 valence electrons. The molecule has 3 aliphatic rings. The van der Waals surface area contributed by atoms with Crippen LogP contribution in [0.15, 0.2) is 18.2 Å². The lowest BCUT2D eigenvalue weighted by Crippen LogP contribution is -2.60. The maximum atomic E-state index is 13.4. The van der Waals surface area contributed by atoms with Gasteiger partial charge in [0.05, 0.1) is 12.7 Å². The molecule has 0 heterocycles. The molecule has 0 aromatic heterocycles. The van der Waals surface area contributed by atoms with Gasteiger partial charge in [-0.25, -0.2) is 4.39 Å². The Labute approximate surface area is 165 Å². The van der Waals surface area contributed by atoms with Crippen LogP contribution in [0.2, 0.25) is 0 Å². The zero-order valence-electron chi connectivity index (χ0n) is 16.8. The normalized spacial score (nSPS) is 34.0. The Morgan fingerprint density at radius 3 is 2.50 bits per heavy atom. The van der Waals surface area contributed by atoms with E-state index in [0.717, 1.165) is 25.7 Å². The molecule has 1 aromatic rings. The number of carbonyl (C=O) groups is 1. The summed E-state index contributed by atoms with van der Waals surface area (Å²) >= 11 is 0. The van der Waals surface area contributed by atoms with Gasteiger partial charge in [-0.2, -0.15) is 0 Å². The van der Waals surface area contributed by atoms with E-state index in [-0.39, 0.29) is 29.8 Å². The Hall–Kier alpha value is -1.82. The molecular formula is C22H30FNO4. The maximum absolute atomic E-state index is 13.4. The molecule has 1 aromatic carbocycles. The fourth-order valence-electron chi connectivity index (χ4n) is 5.02. The summed E-state index contributed by atoms with van der Waals surface area (Å²) in [5, 5.41) is 13.3. The minimum absolute atomic E-state index is 0.0355. The number of halogens is 1. The van der Waals surface area contributed by atoms with Gasteiger partial charge < -0.3 is 19.9 Å². The van der Waals surface area contributed by atoms with E-state index in [1.165, 1.54) is 19.2 Å². The van der Waals surface area contributed by atoms with Gasteiger partial charge in [0.2, 0.25) is 5.91 Å². The first-order chi connectivity index (χ1) is 13.2. The minimum Gasteiger partial charge on any atom is -0.493 e. The van der Waals surface area contributed by atoms with Crippen molar-refractivity contribution in [3.05, 3.63) is 24.0 Å². The molecule has 0 atom stereocenters. The van der Waals surface area contributed by atoms with Crippen LogP contribution < -0.4 is 14.8 Å². The molecule has 1 amide bonds. The zero-order valence-corrected chi connectivity index (χ0v) is 16.8. The molecule has 3 aliphatic carbocycles. The number of carbonyl (C=O) groups excluding carboxylic acids is 1. The van der Waals surface area contributed by atoms with E-state index in [2.05, 4.69) is 5.32 Å². The molecule has 0 bridgehead atoms. The second-order valence-corrected chi connectivity index (χ2v) is 9.58. The number of aliphatic hydroxyl groups is 1. The topological polar surface area (TPSA) is 67.8 Å². The predicted octanol–water partition coefficient (Wildman–Crippen LogP) is 3.44. The van der Waals surface area contributed by atoms with Crippen LogP contribution in [0.1, 0.15) is 52.4 Å². The third-order valence-electron chi connectivity index (χ3n) is 6.95. The van der Waals surface area contributed by atoms with E-state index in [0.29, 0.717) is 35.7 Å². The second kappa shape index (κ2) is 6.90. The first kappa shape index (κ1) is 19.5. The standard InChI is InChI=1S/C22H30FNO4/c1-21(2,26)14-9-22(10-14)11-16(12-22)24-20(25)13-6-17(7-13)28-19-8-15(23)4-5-18(19)27-3/h4-5,8,13-14,16-17,26H,6-7,9-12H2,1-3H3,(H,24,25). The summed E-state index contributed by atoms with van der Waals surface area (Å²) in [6.07, 6.45) is 5.39. The fourth-order valence-corrected chi connectivity index (χ4v) is 5.02. The van der Waals surface area contributed by atoms with E-state index in [1.54, 1.807) is 6.07 Å². The van der Waals surface area contributed by atoms with Crippen molar-refractivity contribution in [1.29, 1.82) is 0 Å². The number of hydrogen-bond acceptors (Lipinski definition) is 4. The van der Waals surface area contributed by atoms with Crippen molar-refractivity contribution in [2.45, 2.75) is 70.1 Å². The Kier molecular flexibility index (Phi) is 4.81. The summed E-state index contributed by atoms with van der Waals surface area (Å²) in [4.78, 5) is 12.5. The van der Waals surface area contributed by atoms with E-state index >= 15 is 0 Å². The van der Waals surface area contributed by atoms with Crippen LogP contribution in [0.5, 0.6) is 11.5 Å². The van der Waals surface area contributed by atoms with Gasteiger partial charge in [0.15, 0.2) is 11.5 Å². The average Bonchev–Trinajstić information content (AvgIpc) is 2.50. The molecule has 0 unspecified atom stereocenters. The summed E-state index contributed by atoms with van der Waals surface area (Å²) in [6.45, 7) is 3.77. The van der Waals surface area contributed by atoms with Crippen LogP contribution in [-0.2, 0) is 4.79 Å². The van der Waals surface area contributed by atoms with Crippen molar-refractivity contribution in [2.75, 3.05) is 7.11 Å². The lowest BCUT2D eigenvalue weighted by atomic mass is 9.47. The van der Waals surface area contributed by atoms with Gasteiger partial charge in [-0.1, -0.05) is 0 Å². The number of nitrogens with one attached hydrogen (secondary N) is 1. The van der Waals surface area contributed by atoms with Crippen LogP contribution in [0.3, 0.4) is 0 Å². The quantitative estimate of drug-likeness (QED) is 0.780. The Morgan fingerprint density at radius 1 is 1.21 bits per heavy atom. The lowest BCUT2D eigenvalue weighted by Gasteiger charge is -2.60. The van der Waals surface area contributed by atoms with Crippen molar-refractivity contribution in [3.8, 4) is 11.5 Å². The molecule has 5 nitrogen and oxygen atoms in total. The SMILES string of the molecule is COc1ccc(F)cc1OC1CC(C(=O)NC2CC3(C2)CC(C(C)(C)O)C3)C1. The molecule has 2 N–H and O–H groups in total. The highest BCUT2D eigenvalue weighted by Gasteiger charge is 2.56. The van der Waals surface area contributed by atoms with Crippen molar-refractivity contribution in [2.24, 2.45) is 17.3 Å². The summed E-state index contributed by atoms with van der Waals surface area (Å²) in [6, 6.07) is 4.46. The predicted molar refractivity (Wildman–Crippen MR) is 103 cm³/mol. The van der Waals surface area contributed by atoms with Gasteiger partial charge in [0.25, 0.3) is 0 Å². The van der Waals surface area contributed by atoms with Crippen LogP contribution in [0.4, 0.5) is 4.39 Å². The van der Waals surface area contributed by atoms with Gasteiger partial charge in [-0.3, -0.25) is 4.79 Å². The van der Waals surface area contributed by atoms with Crippen LogP contribution in [-0.4, -0.2) is 35.9 Å². The largest absolute Gasteiger partial charge is 0.493 e. The molecular weight excluding hydrogens is 361 g/mol. The van der Waals surface area contributed by atoms with Gasteiger partial charge in [-0.05, 0) is 75.8 Å². The first-order valence-electron chi connectivity index (χ1n) is 10.2. The van der Waals surface area contributed by atoms with E-state index < -0.39 is 5.60 Å². The van der Waals surface area contributed by atoms with E-state index in [9.17, 15) is 14.3 Å². The van der Waals surface area contributed by atoms with Gasteiger partial charge >= 0.3 is 0 Å². The Bertz CT molecular complexity index is 739. The smallest absolute Gasteiger partial charge is 0.223 e. The summed E-state index contributed by atoms with van der Waals surface area (Å²) in [5.74, 6) is 0.966. The van der Waals surface area contributed by atoms with Crippen molar-refractivity contribution >= 4 is 5.91 Å². The molecule has 6 heteroatoms. The highest BCUT2D eigenvalue weighted by atomic mass is 19.1. The molecule has 1 spiro atoms. The molecule has 3 saturated carbocycles. The highest BCUT2D eigenvalue weighted by molar-refractivity contribution is 5.80. The van der Waals surface area contributed by atoms with Gasteiger partial charge in [0, 0.05) is 18.0 Å². The van der Waals surface area contributed by atoms with Crippen molar-refractivity contribution in [1.82, 2.24) is 5.32 Å². The zero-order chi connectivity index (χ0) is 20.1. The van der Waals surface area contributed by atoms with Crippen LogP contribution in [0, 0.1) is 23.1 Å². The highest BCUT2D eigenvalue weighted by Crippen LogP contribution is 2.61. The number of benzene rings is 1. The number of amides is 1. The third-order valence-corrected chi connectivity index (χ3v) is 6.95. The third kappa shape index (κ3) is 3.71. The number of methoxy groups -OCH3 is 1. The molecule has 0 aliphatic heterocycles. The Morgan fingerprint density at radius 2 is 1.89 bits per heavy atom. The molecule has 0 radical (unpaired) electrons. The molecule has 4 rings (SSSR count). The average molecular weight is 391 g/mol. The lowest BCUT2D eigenvalue weighted by molar-refractivity contribution is -0.144. The first-order valence-corrected chi connectivity index (χ1v) is 10.2. The summed E-state index contributed by atoms with van der Waals surface area (Å²) in [7, 11) is 1.52. The molecule has 28 heavy (non-hydrogen) atoms. The molecule has 0 saturated heterocycles. The number of rotatable bonds is 6. The van der Waals surface area contributed by atoms with Crippen molar-refractivity contribution in [3.63, 3.8) is 0 Å². The van der Waals surface area contributed by atoms with E-state index in [1.807, 2.05) is 13.8 Å². The maximum Gasteiger partial charge on any atom is 0.223 e. The monoisotopic (exact) mass is 391 g/mol. The fraction of sp³-hybridized carbons (Fsp3) is 0.682. The second-order valence-electron chi connectivity index (χ2n) is 9.58. The Balaban J connectivity index is 1.18. The van der Waals surface area contributed by atoms with Crippen molar-refractivity contribution < 1.29 is 23.8 Å². The van der Waals surface area contributed by atoms with Gasteiger partial charge in [0.1, 0.15) is 11.9 Å². The van der Waals surface area contributed by atoms with Crippen LogP contribution in [0.25, 0.3) is 0 Å². The van der Waals surface area contributed by atoms with Crippen LogP contribution >= 0.6 is 0 Å². The molecule has 3 fully saturated rings.